The van der Waals surface area contributed by atoms with Gasteiger partial charge in [0.2, 0.25) is 0 Å². The molecule has 7 nitrogen and oxygen atoms in total. The van der Waals surface area contributed by atoms with Gasteiger partial charge in [-0.3, -0.25) is 14.9 Å². The Morgan fingerprint density at radius 2 is 1.93 bits per heavy atom. The Kier molecular flexibility index (Phi) is 5.68. The number of nitro benzene ring substituents is 1. The highest BCUT2D eigenvalue weighted by atomic mass is 79.9. The minimum Gasteiger partial charge on any atom is -0.455 e. The van der Waals surface area contributed by atoms with E-state index in [1.54, 1.807) is 36.4 Å². The van der Waals surface area contributed by atoms with E-state index in [-0.39, 0.29) is 11.6 Å². The predicted molar refractivity (Wildman–Crippen MR) is 105 cm³/mol. The number of nitrogens with zero attached hydrogens (tertiary/aromatic N) is 2. The quantitative estimate of drug-likeness (QED) is 0.336. The number of hydrogen-bond donors (Lipinski definition) is 1. The van der Waals surface area contributed by atoms with Gasteiger partial charge in [-0.25, -0.2) is 5.43 Å². The van der Waals surface area contributed by atoms with Crippen LogP contribution < -0.4 is 5.43 Å². The van der Waals surface area contributed by atoms with E-state index in [2.05, 4.69) is 26.5 Å². The summed E-state index contributed by atoms with van der Waals surface area (Å²) in [5.74, 6) is 0.334. The number of amides is 1. The molecule has 0 atom stereocenters. The normalized spacial score (nSPS) is 10.9. The zero-order valence-electron chi connectivity index (χ0n) is 13.6. The van der Waals surface area contributed by atoms with E-state index < -0.39 is 4.92 Å². The van der Waals surface area contributed by atoms with Crippen molar-refractivity contribution in [2.24, 2.45) is 5.10 Å². The lowest BCUT2D eigenvalue weighted by molar-refractivity contribution is -0.384. The van der Waals surface area contributed by atoms with Crippen LogP contribution >= 0.6 is 27.5 Å². The van der Waals surface area contributed by atoms with Gasteiger partial charge in [-0.15, -0.1) is 0 Å². The van der Waals surface area contributed by atoms with E-state index in [0.717, 1.165) is 4.47 Å². The fourth-order valence-electron chi connectivity index (χ4n) is 2.20. The lowest BCUT2D eigenvalue weighted by atomic mass is 10.1. The summed E-state index contributed by atoms with van der Waals surface area (Å²) in [4.78, 5) is 22.4. The second-order valence-electron chi connectivity index (χ2n) is 5.33. The average molecular weight is 449 g/mol. The lowest BCUT2D eigenvalue weighted by Crippen LogP contribution is -2.17. The van der Waals surface area contributed by atoms with Crippen LogP contribution in [0.1, 0.15) is 16.1 Å². The summed E-state index contributed by atoms with van der Waals surface area (Å²) in [6.45, 7) is 0. The molecule has 1 amide bonds. The third kappa shape index (κ3) is 4.60. The highest BCUT2D eigenvalue weighted by Gasteiger charge is 2.14. The molecule has 0 aliphatic rings. The van der Waals surface area contributed by atoms with Crippen molar-refractivity contribution in [3.63, 3.8) is 0 Å². The maximum Gasteiger partial charge on any atom is 0.271 e. The van der Waals surface area contributed by atoms with E-state index in [1.807, 2.05) is 0 Å². The highest BCUT2D eigenvalue weighted by Crippen LogP contribution is 2.32. The molecule has 2 aromatic carbocycles. The summed E-state index contributed by atoms with van der Waals surface area (Å²) in [6.07, 6.45) is 1.32. The first kappa shape index (κ1) is 18.8. The monoisotopic (exact) mass is 447 g/mol. The van der Waals surface area contributed by atoms with Crippen LogP contribution in [0.4, 0.5) is 5.69 Å². The van der Waals surface area contributed by atoms with Gasteiger partial charge in [0.15, 0.2) is 0 Å². The number of hydrogen-bond acceptors (Lipinski definition) is 5. The van der Waals surface area contributed by atoms with Crippen LogP contribution in [0, 0.1) is 10.1 Å². The van der Waals surface area contributed by atoms with Crippen LogP contribution in [0.3, 0.4) is 0 Å². The molecule has 0 spiro atoms. The molecule has 9 heteroatoms. The van der Waals surface area contributed by atoms with Crippen molar-refractivity contribution in [2.75, 3.05) is 0 Å². The average Bonchev–Trinajstić information content (AvgIpc) is 3.11. The van der Waals surface area contributed by atoms with E-state index in [1.165, 1.54) is 24.4 Å². The van der Waals surface area contributed by atoms with Gasteiger partial charge >= 0.3 is 0 Å². The van der Waals surface area contributed by atoms with Crippen LogP contribution in [-0.4, -0.2) is 17.0 Å². The van der Waals surface area contributed by atoms with E-state index in [0.29, 0.717) is 27.7 Å². The molecule has 0 unspecified atom stereocenters. The number of halogens is 2. The van der Waals surface area contributed by atoms with Crippen LogP contribution in [0.2, 0.25) is 5.02 Å². The summed E-state index contributed by atoms with van der Waals surface area (Å²) in [6, 6.07) is 14.1. The maximum absolute atomic E-state index is 12.0. The van der Waals surface area contributed by atoms with Gasteiger partial charge in [-0.05, 0) is 42.5 Å². The molecule has 3 aromatic rings. The fraction of sp³-hybridized carbons (Fsp3) is 0. The van der Waals surface area contributed by atoms with Gasteiger partial charge in [0, 0.05) is 27.7 Å². The first-order chi connectivity index (χ1) is 12.9. The summed E-state index contributed by atoms with van der Waals surface area (Å²) < 4.78 is 6.44. The second kappa shape index (κ2) is 8.15. The maximum atomic E-state index is 12.0. The summed E-state index contributed by atoms with van der Waals surface area (Å²) >= 11 is 9.39. The largest absolute Gasteiger partial charge is 0.455 e. The topological polar surface area (TPSA) is 97.7 Å². The third-order valence-corrected chi connectivity index (χ3v) is 4.38. The van der Waals surface area contributed by atoms with Gasteiger partial charge in [-0.1, -0.05) is 27.5 Å². The van der Waals surface area contributed by atoms with Crippen LogP contribution in [0.5, 0.6) is 0 Å². The van der Waals surface area contributed by atoms with Crippen molar-refractivity contribution in [3.05, 3.63) is 85.5 Å². The molecule has 1 aromatic heterocycles. The van der Waals surface area contributed by atoms with Crippen molar-refractivity contribution < 1.29 is 14.1 Å². The molecule has 0 saturated heterocycles. The molecule has 27 heavy (non-hydrogen) atoms. The Bertz CT molecular complexity index is 1030. The minimum absolute atomic E-state index is 0.0946. The number of non-ortho nitro benzene ring substituents is 1. The Morgan fingerprint density at radius 1 is 1.19 bits per heavy atom. The van der Waals surface area contributed by atoms with Crippen molar-refractivity contribution in [1.82, 2.24) is 5.43 Å². The molecule has 1 N–H and O–H groups in total. The summed E-state index contributed by atoms with van der Waals surface area (Å²) in [5, 5.41) is 15.1. The molecule has 0 radical (unpaired) electrons. The van der Waals surface area contributed by atoms with Gasteiger partial charge in [0.1, 0.15) is 11.5 Å². The number of carbonyl (C=O) groups is 1. The molecule has 0 saturated carbocycles. The standard InChI is InChI=1S/C18H11BrClN3O4/c19-12-3-1-11(2-4-12)18(24)22-21-10-14-6-8-17(27-14)15-9-13(23(25)26)5-7-16(15)20/h1-10H,(H,22,24)/b21-10+. The number of rotatable bonds is 5. The van der Waals surface area contributed by atoms with Gasteiger partial charge in [-0.2, -0.15) is 5.10 Å². The van der Waals surface area contributed by atoms with E-state index in [4.69, 9.17) is 16.0 Å². The molecule has 0 fully saturated rings. The highest BCUT2D eigenvalue weighted by molar-refractivity contribution is 9.10. The molecule has 0 bridgehead atoms. The van der Waals surface area contributed by atoms with Crippen LogP contribution in [0.15, 0.2) is 68.6 Å². The molecule has 0 aliphatic carbocycles. The molecule has 1 heterocycles. The number of nitro groups is 1. The van der Waals surface area contributed by atoms with Gasteiger partial charge < -0.3 is 4.42 Å². The Morgan fingerprint density at radius 3 is 2.63 bits per heavy atom. The number of benzene rings is 2. The zero-order chi connectivity index (χ0) is 19.4. The predicted octanol–water partition coefficient (Wildman–Crippen LogP) is 5.03. The van der Waals surface area contributed by atoms with Gasteiger partial charge in [0.25, 0.3) is 11.6 Å². The van der Waals surface area contributed by atoms with Crippen molar-refractivity contribution in [3.8, 4) is 11.3 Å². The zero-order valence-corrected chi connectivity index (χ0v) is 15.9. The third-order valence-electron chi connectivity index (χ3n) is 3.52. The van der Waals surface area contributed by atoms with Crippen LogP contribution in [-0.2, 0) is 0 Å². The summed E-state index contributed by atoms with van der Waals surface area (Å²) in [5.41, 5.74) is 3.15. The molecule has 3 rings (SSSR count). The number of furan rings is 1. The first-order valence-electron chi connectivity index (χ1n) is 7.57. The summed E-state index contributed by atoms with van der Waals surface area (Å²) in [7, 11) is 0. The van der Waals surface area contributed by atoms with Crippen molar-refractivity contribution in [1.29, 1.82) is 0 Å². The van der Waals surface area contributed by atoms with Crippen LogP contribution in [0.25, 0.3) is 11.3 Å². The smallest absolute Gasteiger partial charge is 0.271 e. The molecular formula is C18H11BrClN3O4. The Hall–Kier alpha value is -2.97. The van der Waals surface area contributed by atoms with Crippen molar-refractivity contribution >= 4 is 45.3 Å². The fourth-order valence-corrected chi connectivity index (χ4v) is 2.68. The molecular weight excluding hydrogens is 438 g/mol. The number of nitrogens with one attached hydrogen (secondary N) is 1. The second-order valence-corrected chi connectivity index (χ2v) is 6.65. The number of hydrazone groups is 1. The minimum atomic E-state index is -0.511. The first-order valence-corrected chi connectivity index (χ1v) is 8.74. The molecule has 0 aliphatic heterocycles. The number of carbonyl (C=O) groups excluding carboxylic acids is 1. The van der Waals surface area contributed by atoms with Crippen molar-refractivity contribution in [2.45, 2.75) is 0 Å². The Balaban J connectivity index is 1.72. The van der Waals surface area contributed by atoms with E-state index in [9.17, 15) is 14.9 Å². The molecule has 136 valence electrons. The van der Waals surface area contributed by atoms with Gasteiger partial charge in [0.05, 0.1) is 16.2 Å². The SMILES string of the molecule is O=C(N/N=C/c1ccc(-c2cc([N+](=O)[O-])ccc2Cl)o1)c1ccc(Br)cc1. The lowest BCUT2D eigenvalue weighted by Gasteiger charge is -2.01. The Labute approximate surface area is 166 Å². The van der Waals surface area contributed by atoms with E-state index >= 15 is 0 Å².